The molecule has 4 heterocycles. The molecule has 0 fully saturated rings. The Bertz CT molecular complexity index is 3940. The first kappa shape index (κ1) is 39.1. The predicted molar refractivity (Wildman–Crippen MR) is 277 cm³/mol. The van der Waals surface area contributed by atoms with E-state index in [-0.39, 0.29) is 0 Å². The smallest absolute Gasteiger partial charge is 0.166 e. The molecular formula is C62H39N5O. The Morgan fingerprint density at radius 2 is 0.853 bits per heavy atom. The molecule has 13 aromatic rings. The summed E-state index contributed by atoms with van der Waals surface area (Å²) in [6.07, 6.45) is 1.96. The second-order valence-corrected chi connectivity index (χ2v) is 17.0. The Morgan fingerprint density at radius 3 is 1.53 bits per heavy atom. The van der Waals surface area contributed by atoms with Crippen molar-refractivity contribution in [1.29, 1.82) is 0 Å². The summed E-state index contributed by atoms with van der Waals surface area (Å²) >= 11 is 0. The third kappa shape index (κ3) is 6.82. The average molecular weight is 870 g/mol. The van der Waals surface area contributed by atoms with Crippen LogP contribution in [0.5, 0.6) is 0 Å². The standard InChI is InChI=1S/C62H39N5O/c1-6-18-40(19-7-1)48-32-30-44(34-51(48)41-20-8-2-9-21-41)46-35-54(62-65-60(42-22-10-3-11-23-42)64-61(66-62)43-24-12-4-13-25-43)59(63-39-46)45-31-33-50-53-37-56-52(38-58(53)68-57(50)36-45)49-28-16-17-29-55(49)67(56)47-26-14-5-15-27-47/h1-39H. The fraction of sp³-hybridized carbons (Fsp3) is 0. The van der Waals surface area contributed by atoms with Crippen molar-refractivity contribution in [3.05, 3.63) is 237 Å². The molecule has 4 aromatic heterocycles. The summed E-state index contributed by atoms with van der Waals surface area (Å²) in [4.78, 5) is 20.8. The number of hydrogen-bond acceptors (Lipinski definition) is 5. The highest BCUT2D eigenvalue weighted by Gasteiger charge is 2.21. The van der Waals surface area contributed by atoms with Gasteiger partial charge in [0.15, 0.2) is 17.5 Å². The summed E-state index contributed by atoms with van der Waals surface area (Å²) < 4.78 is 9.15. The van der Waals surface area contributed by atoms with Gasteiger partial charge < -0.3 is 8.98 Å². The minimum absolute atomic E-state index is 0.520. The number of aromatic nitrogens is 5. The lowest BCUT2D eigenvalue weighted by Gasteiger charge is -2.15. The van der Waals surface area contributed by atoms with Crippen LogP contribution in [-0.2, 0) is 0 Å². The maximum atomic E-state index is 6.80. The first-order chi connectivity index (χ1) is 33.7. The number of nitrogens with zero attached hydrogens (tertiary/aromatic N) is 5. The topological polar surface area (TPSA) is 69.6 Å². The molecule has 0 saturated heterocycles. The molecule has 0 N–H and O–H groups in total. The summed E-state index contributed by atoms with van der Waals surface area (Å²) in [5.41, 5.74) is 15.7. The molecule has 0 amide bonds. The molecular weight excluding hydrogens is 831 g/mol. The molecule has 68 heavy (non-hydrogen) atoms. The molecule has 318 valence electrons. The van der Waals surface area contributed by atoms with E-state index < -0.39 is 0 Å². The first-order valence-electron chi connectivity index (χ1n) is 22.8. The third-order valence-corrected chi connectivity index (χ3v) is 12.9. The van der Waals surface area contributed by atoms with Crippen molar-refractivity contribution in [2.24, 2.45) is 0 Å². The predicted octanol–water partition coefficient (Wildman–Crippen LogP) is 15.9. The lowest BCUT2D eigenvalue weighted by Crippen LogP contribution is -2.02. The number of furan rings is 1. The van der Waals surface area contributed by atoms with E-state index in [1.54, 1.807) is 0 Å². The van der Waals surface area contributed by atoms with E-state index in [2.05, 4.69) is 174 Å². The van der Waals surface area contributed by atoms with Gasteiger partial charge in [0.1, 0.15) is 11.2 Å². The highest BCUT2D eigenvalue weighted by Crippen LogP contribution is 2.42. The van der Waals surface area contributed by atoms with Crippen LogP contribution in [0.25, 0.3) is 128 Å². The summed E-state index contributed by atoms with van der Waals surface area (Å²) in [5.74, 6) is 1.68. The molecule has 0 bridgehead atoms. The van der Waals surface area contributed by atoms with E-state index in [1.807, 2.05) is 66.9 Å². The van der Waals surface area contributed by atoms with Crippen molar-refractivity contribution < 1.29 is 4.42 Å². The van der Waals surface area contributed by atoms with Crippen molar-refractivity contribution in [1.82, 2.24) is 24.5 Å². The van der Waals surface area contributed by atoms with Gasteiger partial charge in [-0.1, -0.05) is 176 Å². The van der Waals surface area contributed by atoms with E-state index in [0.717, 1.165) is 105 Å². The Hall–Kier alpha value is -9.26. The maximum absolute atomic E-state index is 6.80. The summed E-state index contributed by atoms with van der Waals surface area (Å²) in [6, 6.07) is 80.1. The zero-order chi connectivity index (χ0) is 45.0. The van der Waals surface area contributed by atoms with Gasteiger partial charge in [-0.05, 0) is 82.4 Å². The molecule has 13 rings (SSSR count). The molecule has 0 aliphatic rings. The van der Waals surface area contributed by atoms with Gasteiger partial charge in [0, 0.05) is 61.2 Å². The minimum Gasteiger partial charge on any atom is -0.456 e. The van der Waals surface area contributed by atoms with E-state index in [1.165, 1.54) is 5.39 Å². The van der Waals surface area contributed by atoms with Crippen molar-refractivity contribution >= 4 is 43.7 Å². The van der Waals surface area contributed by atoms with Gasteiger partial charge in [-0.2, -0.15) is 0 Å². The SMILES string of the molecule is c1ccc(-c2nc(-c3ccccc3)nc(-c3cc(-c4ccc(-c5ccccc5)c(-c5ccccc5)c4)cnc3-c3ccc4c(c3)oc3cc5c6ccccc6n(-c6ccccc6)c5cc34)n2)cc1. The van der Waals surface area contributed by atoms with Crippen molar-refractivity contribution in [3.63, 3.8) is 0 Å². The molecule has 0 saturated carbocycles. The van der Waals surface area contributed by atoms with Crippen LogP contribution in [0.4, 0.5) is 0 Å². The van der Waals surface area contributed by atoms with Crippen LogP contribution in [0.2, 0.25) is 0 Å². The van der Waals surface area contributed by atoms with Crippen LogP contribution in [0, 0.1) is 0 Å². The molecule has 9 aromatic carbocycles. The molecule has 0 aliphatic heterocycles. The van der Waals surface area contributed by atoms with Crippen LogP contribution in [0.1, 0.15) is 0 Å². The number of pyridine rings is 1. The van der Waals surface area contributed by atoms with E-state index in [4.69, 9.17) is 24.4 Å². The monoisotopic (exact) mass is 869 g/mol. The lowest BCUT2D eigenvalue weighted by molar-refractivity contribution is 0.669. The van der Waals surface area contributed by atoms with Gasteiger partial charge in [0.25, 0.3) is 0 Å². The zero-order valence-corrected chi connectivity index (χ0v) is 36.7. The Labute approximate surface area is 392 Å². The highest BCUT2D eigenvalue weighted by molar-refractivity contribution is 6.17. The second-order valence-electron chi connectivity index (χ2n) is 17.0. The minimum atomic E-state index is 0.520. The first-order valence-corrected chi connectivity index (χ1v) is 22.8. The molecule has 6 heteroatoms. The number of hydrogen-bond donors (Lipinski definition) is 0. The Kier molecular flexibility index (Phi) is 9.39. The van der Waals surface area contributed by atoms with Crippen LogP contribution >= 0.6 is 0 Å². The van der Waals surface area contributed by atoms with Gasteiger partial charge >= 0.3 is 0 Å². The van der Waals surface area contributed by atoms with E-state index in [9.17, 15) is 0 Å². The Balaban J connectivity index is 1.02. The highest BCUT2D eigenvalue weighted by atomic mass is 16.3. The maximum Gasteiger partial charge on any atom is 0.166 e. The lowest BCUT2D eigenvalue weighted by atomic mass is 9.91. The summed E-state index contributed by atoms with van der Waals surface area (Å²) in [5, 5.41) is 4.39. The number of rotatable bonds is 8. The van der Waals surface area contributed by atoms with Gasteiger partial charge in [0.05, 0.1) is 16.7 Å². The van der Waals surface area contributed by atoms with Crippen molar-refractivity contribution in [2.45, 2.75) is 0 Å². The van der Waals surface area contributed by atoms with Crippen LogP contribution in [0.3, 0.4) is 0 Å². The molecule has 0 aliphatic carbocycles. The number of benzene rings is 9. The van der Waals surface area contributed by atoms with Gasteiger partial charge in [-0.25, -0.2) is 15.0 Å². The molecule has 0 spiro atoms. The fourth-order valence-corrected chi connectivity index (χ4v) is 9.64. The second kappa shape index (κ2) is 16.3. The average Bonchev–Trinajstić information content (AvgIpc) is 3.95. The van der Waals surface area contributed by atoms with Gasteiger partial charge in [-0.3, -0.25) is 4.98 Å². The zero-order valence-electron chi connectivity index (χ0n) is 36.7. The fourth-order valence-electron chi connectivity index (χ4n) is 9.64. The normalized spacial score (nSPS) is 11.5. The van der Waals surface area contributed by atoms with Crippen LogP contribution in [-0.4, -0.2) is 24.5 Å². The van der Waals surface area contributed by atoms with E-state index >= 15 is 0 Å². The summed E-state index contributed by atoms with van der Waals surface area (Å²) in [7, 11) is 0. The van der Waals surface area contributed by atoms with Crippen LogP contribution in [0.15, 0.2) is 241 Å². The van der Waals surface area contributed by atoms with E-state index in [0.29, 0.717) is 17.5 Å². The third-order valence-electron chi connectivity index (χ3n) is 12.9. The quantitative estimate of drug-likeness (QED) is 0.152. The molecule has 0 unspecified atom stereocenters. The van der Waals surface area contributed by atoms with Crippen LogP contribution < -0.4 is 0 Å². The summed E-state index contributed by atoms with van der Waals surface area (Å²) in [6.45, 7) is 0. The van der Waals surface area contributed by atoms with Crippen molar-refractivity contribution in [3.8, 4) is 84.5 Å². The van der Waals surface area contributed by atoms with Gasteiger partial charge in [0.2, 0.25) is 0 Å². The number of fused-ring (bicyclic) bond motifs is 6. The Morgan fingerprint density at radius 1 is 0.309 bits per heavy atom. The van der Waals surface area contributed by atoms with Gasteiger partial charge in [-0.15, -0.1) is 0 Å². The molecule has 6 nitrogen and oxygen atoms in total. The number of para-hydroxylation sites is 2. The largest absolute Gasteiger partial charge is 0.456 e. The molecule has 0 radical (unpaired) electrons. The molecule has 0 atom stereocenters. The van der Waals surface area contributed by atoms with Crippen molar-refractivity contribution in [2.75, 3.05) is 0 Å².